The Kier molecular flexibility index (Phi) is 4.59. The molecule has 1 aliphatic heterocycles. The smallest absolute Gasteiger partial charge is 0.253 e. The van der Waals surface area contributed by atoms with Crippen molar-refractivity contribution in [1.29, 1.82) is 0 Å². The molecule has 18 heavy (non-hydrogen) atoms. The van der Waals surface area contributed by atoms with Gasteiger partial charge in [-0.3, -0.25) is 9.36 Å². The van der Waals surface area contributed by atoms with Gasteiger partial charge < -0.3 is 12.4 Å². The molecule has 0 spiro atoms. The summed E-state index contributed by atoms with van der Waals surface area (Å²) in [6, 6.07) is 1.71. The summed E-state index contributed by atoms with van der Waals surface area (Å²) in [5.41, 5.74) is 1.05. The zero-order valence-corrected chi connectivity index (χ0v) is 12.2. The fraction of sp³-hybridized carbons (Fsp3) is 0.500. The van der Waals surface area contributed by atoms with Crippen LogP contribution in [0.3, 0.4) is 0 Å². The Hall–Kier alpha value is -0.840. The number of hydrogen-bond donors (Lipinski definition) is 0. The number of quaternary nitrogens is 1. The highest BCUT2D eigenvalue weighted by Crippen LogP contribution is 2.30. The maximum Gasteiger partial charge on any atom is 0.253 e. The van der Waals surface area contributed by atoms with E-state index in [2.05, 4.69) is 4.98 Å². The van der Waals surface area contributed by atoms with Crippen LogP contribution in [0.2, 0.25) is 0 Å². The summed E-state index contributed by atoms with van der Waals surface area (Å²) in [6.07, 6.45) is 5.35. The molecule has 0 bridgehead atoms. The van der Waals surface area contributed by atoms with Crippen molar-refractivity contribution in [3.05, 3.63) is 34.6 Å². The highest BCUT2D eigenvalue weighted by atomic mass is 35.5. The number of fused-ring (bicyclic) bond motifs is 1. The van der Waals surface area contributed by atoms with E-state index >= 15 is 0 Å². The second-order valence-corrected chi connectivity index (χ2v) is 5.79. The molecule has 1 aromatic rings. The molecule has 0 aromatic carbocycles. The van der Waals surface area contributed by atoms with Gasteiger partial charge in [-0.05, 0) is 19.8 Å². The first-order valence-corrected chi connectivity index (χ1v) is 6.05. The van der Waals surface area contributed by atoms with Gasteiger partial charge in [0, 0.05) is 23.9 Å². The minimum Gasteiger partial charge on any atom is -1.00 e. The zero-order valence-electron chi connectivity index (χ0n) is 10.7. The highest BCUT2D eigenvalue weighted by Gasteiger charge is 2.24. The number of nitrogens with zero attached hydrogens (tertiary/aromatic N) is 3. The van der Waals surface area contributed by atoms with Crippen LogP contribution in [0.25, 0.3) is 5.57 Å². The van der Waals surface area contributed by atoms with E-state index in [4.69, 9.17) is 11.8 Å². The molecule has 2 heterocycles. The number of allylic oxidation sites excluding steroid dienone is 1. The number of hydrogen-bond acceptors (Lipinski definition) is 2. The van der Waals surface area contributed by atoms with Gasteiger partial charge in [0.2, 0.25) is 0 Å². The van der Waals surface area contributed by atoms with Crippen LogP contribution in [0.15, 0.2) is 23.3 Å². The van der Waals surface area contributed by atoms with Gasteiger partial charge in [-0.25, -0.2) is 8.99 Å². The standard InChI is InChI=1S/C12H17ClN3O.ClH/c1-9-4-5-10(8-16(2,3)13)12-14-7-6-11(17)15(9)12;/h6-9H,4-5H2,1-3H3;1H/q+1;/p-1. The Morgan fingerprint density at radius 2 is 2.22 bits per heavy atom. The number of halogens is 2. The fourth-order valence-corrected chi connectivity index (χ4v) is 2.30. The average Bonchev–Trinajstić information content (AvgIpc) is 2.20. The maximum absolute atomic E-state index is 11.8. The zero-order chi connectivity index (χ0) is 12.6. The first-order chi connectivity index (χ1) is 7.88. The lowest BCUT2D eigenvalue weighted by Crippen LogP contribution is -3.00. The molecule has 0 fully saturated rings. The van der Waals surface area contributed by atoms with Crippen LogP contribution >= 0.6 is 11.8 Å². The van der Waals surface area contributed by atoms with E-state index in [-0.39, 0.29) is 28.0 Å². The Balaban J connectivity index is 0.00000162. The molecule has 0 saturated carbocycles. The Bertz CT molecular complexity index is 517. The molecule has 1 aliphatic rings. The van der Waals surface area contributed by atoms with Crippen molar-refractivity contribution < 1.29 is 16.4 Å². The molecule has 0 saturated heterocycles. The van der Waals surface area contributed by atoms with Gasteiger partial charge in [-0.15, -0.1) is 0 Å². The van der Waals surface area contributed by atoms with Gasteiger partial charge in [0.15, 0.2) is 11.8 Å². The normalized spacial score (nSPS) is 21.3. The molecule has 0 N–H and O–H groups in total. The van der Waals surface area contributed by atoms with Crippen molar-refractivity contribution in [2.45, 2.75) is 25.8 Å². The van der Waals surface area contributed by atoms with Crippen molar-refractivity contribution in [3.8, 4) is 0 Å². The highest BCUT2D eigenvalue weighted by molar-refractivity contribution is 6.07. The maximum atomic E-state index is 11.8. The number of aromatic nitrogens is 2. The fourth-order valence-electron chi connectivity index (χ4n) is 2.18. The van der Waals surface area contributed by atoms with Gasteiger partial charge in [0.05, 0.1) is 14.1 Å². The third-order valence-corrected chi connectivity index (χ3v) is 3.00. The van der Waals surface area contributed by atoms with Crippen molar-refractivity contribution in [3.63, 3.8) is 0 Å². The van der Waals surface area contributed by atoms with E-state index < -0.39 is 0 Å². The average molecular weight is 290 g/mol. The topological polar surface area (TPSA) is 34.9 Å². The van der Waals surface area contributed by atoms with Gasteiger partial charge >= 0.3 is 0 Å². The Morgan fingerprint density at radius 3 is 2.83 bits per heavy atom. The van der Waals surface area contributed by atoms with Crippen molar-refractivity contribution >= 4 is 17.3 Å². The lowest BCUT2D eigenvalue weighted by Gasteiger charge is -2.26. The second-order valence-electron chi connectivity index (χ2n) is 4.92. The van der Waals surface area contributed by atoms with Gasteiger partial charge in [0.1, 0.15) is 12.0 Å². The predicted octanol–water partition coefficient (Wildman–Crippen LogP) is -0.827. The lowest BCUT2D eigenvalue weighted by atomic mass is 10.0. The molecule has 1 unspecified atom stereocenters. The van der Waals surface area contributed by atoms with E-state index in [0.29, 0.717) is 0 Å². The monoisotopic (exact) mass is 289 g/mol. The van der Waals surface area contributed by atoms with Gasteiger partial charge in [-0.2, -0.15) is 0 Å². The Labute approximate surface area is 118 Å². The van der Waals surface area contributed by atoms with Crippen LogP contribution in [0, 0.1) is 0 Å². The molecule has 100 valence electrons. The summed E-state index contributed by atoms with van der Waals surface area (Å²) in [5, 5.41) is 0. The van der Waals surface area contributed by atoms with Crippen LogP contribution in [-0.4, -0.2) is 27.6 Å². The molecule has 2 rings (SSSR count). The van der Waals surface area contributed by atoms with Crippen LogP contribution in [-0.2, 0) is 0 Å². The molecule has 6 heteroatoms. The summed E-state index contributed by atoms with van der Waals surface area (Å²) in [4.78, 5) is 16.2. The van der Waals surface area contributed by atoms with E-state index in [0.717, 1.165) is 24.2 Å². The molecule has 4 nitrogen and oxygen atoms in total. The van der Waals surface area contributed by atoms with Crippen molar-refractivity contribution in [2.75, 3.05) is 14.1 Å². The first-order valence-electron chi connectivity index (χ1n) is 5.71. The van der Waals surface area contributed by atoms with Crippen LogP contribution in [0.4, 0.5) is 0 Å². The first kappa shape index (κ1) is 15.2. The predicted molar refractivity (Wildman–Crippen MR) is 68.4 cm³/mol. The van der Waals surface area contributed by atoms with Gasteiger partial charge in [-0.1, -0.05) is 0 Å². The Morgan fingerprint density at radius 1 is 1.56 bits per heavy atom. The second kappa shape index (κ2) is 5.43. The van der Waals surface area contributed by atoms with Crippen LogP contribution in [0.1, 0.15) is 31.6 Å². The minimum absolute atomic E-state index is 0. The lowest BCUT2D eigenvalue weighted by molar-refractivity contribution is -0.712. The molecule has 0 aliphatic carbocycles. The third-order valence-electron chi connectivity index (χ3n) is 2.90. The van der Waals surface area contributed by atoms with Crippen molar-refractivity contribution in [1.82, 2.24) is 9.55 Å². The van der Waals surface area contributed by atoms with E-state index in [1.807, 2.05) is 27.2 Å². The summed E-state index contributed by atoms with van der Waals surface area (Å²) in [5.74, 6) is 0.753. The number of rotatable bonds is 1. The van der Waals surface area contributed by atoms with E-state index in [1.54, 1.807) is 10.8 Å². The summed E-state index contributed by atoms with van der Waals surface area (Å²) in [7, 11) is 3.75. The molecule has 0 amide bonds. The van der Waals surface area contributed by atoms with E-state index in [1.165, 1.54) is 6.07 Å². The van der Waals surface area contributed by atoms with Crippen molar-refractivity contribution in [2.24, 2.45) is 0 Å². The van der Waals surface area contributed by atoms with Crippen LogP contribution in [0.5, 0.6) is 0 Å². The quantitative estimate of drug-likeness (QED) is 0.633. The molecular weight excluding hydrogens is 273 g/mol. The summed E-state index contributed by atoms with van der Waals surface area (Å²) in [6.45, 7) is 2.05. The molecular formula is C12H17Cl2N3O. The third kappa shape index (κ3) is 3.13. The molecule has 1 atom stereocenters. The summed E-state index contributed by atoms with van der Waals surface area (Å²) < 4.78 is 1.97. The van der Waals surface area contributed by atoms with Gasteiger partial charge in [0.25, 0.3) is 5.56 Å². The SMILES string of the molecule is CC1CCC(=C[N+](C)(C)Cl)c2nccc(=O)n21.[Cl-]. The summed E-state index contributed by atoms with van der Waals surface area (Å²) >= 11 is 6.16. The van der Waals surface area contributed by atoms with Crippen LogP contribution < -0.4 is 18.0 Å². The largest absolute Gasteiger partial charge is 1.00 e. The molecule has 1 aromatic heterocycles. The molecule has 0 radical (unpaired) electrons. The minimum atomic E-state index is 0. The van der Waals surface area contributed by atoms with E-state index in [9.17, 15) is 4.79 Å².